The quantitative estimate of drug-likeness (QED) is 0.652. The average molecular weight is 186 g/mol. The van der Waals surface area contributed by atoms with Crippen molar-refractivity contribution in [1.82, 2.24) is 5.32 Å². The summed E-state index contributed by atoms with van der Waals surface area (Å²) in [5, 5.41) is 2.52. The van der Waals surface area contributed by atoms with Crippen molar-refractivity contribution >= 4 is 11.8 Å². The zero-order chi connectivity index (χ0) is 10.4. The van der Waals surface area contributed by atoms with Gasteiger partial charge in [0.2, 0.25) is 11.8 Å². The second-order valence-electron chi connectivity index (χ2n) is 3.62. The Labute approximate surface area is 78.9 Å². The van der Waals surface area contributed by atoms with Crippen LogP contribution in [0.5, 0.6) is 0 Å². The lowest BCUT2D eigenvalue weighted by atomic mass is 10.1. The molecule has 0 radical (unpaired) electrons. The Balaban J connectivity index is 3.68. The highest BCUT2D eigenvalue weighted by Gasteiger charge is 2.11. The predicted molar refractivity (Wildman–Crippen MR) is 50.9 cm³/mol. The molecule has 0 aliphatic heterocycles. The third kappa shape index (κ3) is 6.13. The fourth-order valence-electron chi connectivity index (χ4n) is 0.805. The summed E-state index contributed by atoms with van der Waals surface area (Å²) in [5.41, 5.74) is 4.99. The number of carbonyl (C=O) groups is 2. The van der Waals surface area contributed by atoms with E-state index < -0.39 is 11.9 Å². The van der Waals surface area contributed by atoms with Gasteiger partial charge in [-0.25, -0.2) is 0 Å². The molecule has 3 N–H and O–H groups in total. The van der Waals surface area contributed by atoms with E-state index in [1.54, 1.807) is 6.92 Å². The first-order valence-electron chi connectivity index (χ1n) is 4.52. The number of nitrogens with two attached hydrogens (primary N) is 1. The van der Waals surface area contributed by atoms with Gasteiger partial charge in [0, 0.05) is 6.42 Å². The molecule has 0 aromatic heterocycles. The molecule has 0 aromatic rings. The van der Waals surface area contributed by atoms with Crippen LogP contribution >= 0.6 is 0 Å². The molecule has 13 heavy (non-hydrogen) atoms. The van der Waals surface area contributed by atoms with Crippen LogP contribution in [0.4, 0.5) is 0 Å². The van der Waals surface area contributed by atoms with Gasteiger partial charge in [-0.05, 0) is 19.3 Å². The Kier molecular flexibility index (Phi) is 5.11. The van der Waals surface area contributed by atoms with Crippen LogP contribution in [0.2, 0.25) is 0 Å². The van der Waals surface area contributed by atoms with E-state index in [1.165, 1.54) is 0 Å². The van der Waals surface area contributed by atoms with Gasteiger partial charge in [0.25, 0.3) is 0 Å². The summed E-state index contributed by atoms with van der Waals surface area (Å²) in [6.45, 7) is 5.67. The van der Waals surface area contributed by atoms with E-state index >= 15 is 0 Å². The molecule has 2 amide bonds. The number of hydrogen-bond donors (Lipinski definition) is 2. The van der Waals surface area contributed by atoms with E-state index in [2.05, 4.69) is 5.32 Å². The number of nitrogens with one attached hydrogen (secondary N) is 1. The summed E-state index contributed by atoms with van der Waals surface area (Å²) < 4.78 is 0. The monoisotopic (exact) mass is 186 g/mol. The molecule has 76 valence electrons. The number of hydrogen-bond acceptors (Lipinski definition) is 2. The van der Waals surface area contributed by atoms with Crippen molar-refractivity contribution in [2.75, 3.05) is 0 Å². The molecule has 1 atom stereocenters. The van der Waals surface area contributed by atoms with E-state index in [0.717, 1.165) is 6.42 Å². The molecule has 0 aliphatic rings. The molecule has 0 unspecified atom stereocenters. The highest BCUT2D eigenvalue weighted by molar-refractivity contribution is 5.86. The lowest BCUT2D eigenvalue weighted by molar-refractivity contribution is -0.127. The van der Waals surface area contributed by atoms with Gasteiger partial charge in [-0.1, -0.05) is 13.8 Å². The minimum Gasteiger partial charge on any atom is -0.368 e. The van der Waals surface area contributed by atoms with Crippen molar-refractivity contribution in [1.29, 1.82) is 0 Å². The molecule has 0 bridgehead atoms. The number of carbonyl (C=O) groups excluding carboxylic acids is 2. The van der Waals surface area contributed by atoms with Crippen LogP contribution < -0.4 is 11.1 Å². The fraction of sp³-hybridized carbons (Fsp3) is 0.778. The van der Waals surface area contributed by atoms with Crippen LogP contribution in [0.15, 0.2) is 0 Å². The van der Waals surface area contributed by atoms with Gasteiger partial charge in [-0.15, -0.1) is 0 Å². The van der Waals surface area contributed by atoms with E-state index in [9.17, 15) is 9.59 Å². The lowest BCUT2D eigenvalue weighted by Crippen LogP contribution is -2.42. The summed E-state index contributed by atoms with van der Waals surface area (Å²) in [6.07, 6.45) is 1.28. The minimum atomic E-state index is -0.570. The summed E-state index contributed by atoms with van der Waals surface area (Å²) in [6, 6.07) is -0.570. The SMILES string of the molecule is CC(C)CCC(=O)N[C@H](C)C(N)=O. The van der Waals surface area contributed by atoms with E-state index in [4.69, 9.17) is 5.73 Å². The zero-order valence-electron chi connectivity index (χ0n) is 8.46. The molecule has 0 saturated carbocycles. The van der Waals surface area contributed by atoms with Gasteiger partial charge in [0.15, 0.2) is 0 Å². The van der Waals surface area contributed by atoms with Crippen LogP contribution in [0.1, 0.15) is 33.6 Å². The molecule has 4 heteroatoms. The summed E-state index contributed by atoms with van der Waals surface area (Å²) in [4.78, 5) is 21.7. The molecular formula is C9H18N2O2. The Bertz CT molecular complexity index is 190. The Hall–Kier alpha value is -1.06. The maximum atomic E-state index is 11.1. The average Bonchev–Trinajstić information content (AvgIpc) is 2.00. The van der Waals surface area contributed by atoms with Crippen LogP contribution in [-0.4, -0.2) is 17.9 Å². The lowest BCUT2D eigenvalue weighted by Gasteiger charge is -2.10. The second kappa shape index (κ2) is 5.56. The van der Waals surface area contributed by atoms with Crippen molar-refractivity contribution in [2.24, 2.45) is 11.7 Å². The third-order valence-corrected chi connectivity index (χ3v) is 1.75. The van der Waals surface area contributed by atoms with Crippen LogP contribution in [0, 0.1) is 5.92 Å². The fourth-order valence-corrected chi connectivity index (χ4v) is 0.805. The standard InChI is InChI=1S/C9H18N2O2/c1-6(2)4-5-8(12)11-7(3)9(10)13/h6-7H,4-5H2,1-3H3,(H2,10,13)(H,11,12)/t7-/m1/s1. The molecular weight excluding hydrogens is 168 g/mol. The smallest absolute Gasteiger partial charge is 0.239 e. The van der Waals surface area contributed by atoms with Gasteiger partial charge in [0.05, 0.1) is 0 Å². The zero-order valence-corrected chi connectivity index (χ0v) is 8.46. The second-order valence-corrected chi connectivity index (χ2v) is 3.62. The first-order valence-corrected chi connectivity index (χ1v) is 4.52. The minimum absolute atomic E-state index is 0.111. The summed E-state index contributed by atoms with van der Waals surface area (Å²) in [7, 11) is 0. The van der Waals surface area contributed by atoms with Crippen molar-refractivity contribution in [3.63, 3.8) is 0 Å². The van der Waals surface area contributed by atoms with Crippen LogP contribution in [-0.2, 0) is 9.59 Å². The van der Waals surface area contributed by atoms with Crippen molar-refractivity contribution in [3.05, 3.63) is 0 Å². The summed E-state index contributed by atoms with van der Waals surface area (Å²) >= 11 is 0. The van der Waals surface area contributed by atoms with E-state index in [-0.39, 0.29) is 5.91 Å². The van der Waals surface area contributed by atoms with Crippen LogP contribution in [0.3, 0.4) is 0 Å². The van der Waals surface area contributed by atoms with Gasteiger partial charge >= 0.3 is 0 Å². The number of rotatable bonds is 5. The molecule has 0 saturated heterocycles. The normalized spacial score (nSPS) is 12.6. The largest absolute Gasteiger partial charge is 0.368 e. The Morgan fingerprint density at radius 2 is 1.85 bits per heavy atom. The topological polar surface area (TPSA) is 72.2 Å². The number of amides is 2. The molecule has 0 aromatic carbocycles. The highest BCUT2D eigenvalue weighted by atomic mass is 16.2. The van der Waals surface area contributed by atoms with Crippen molar-refractivity contribution in [3.8, 4) is 0 Å². The molecule has 0 fully saturated rings. The summed E-state index contributed by atoms with van der Waals surface area (Å²) in [5.74, 6) is -0.118. The van der Waals surface area contributed by atoms with Gasteiger partial charge < -0.3 is 11.1 Å². The maximum Gasteiger partial charge on any atom is 0.239 e. The first-order chi connectivity index (χ1) is 5.93. The first kappa shape index (κ1) is 11.9. The maximum absolute atomic E-state index is 11.1. The molecule has 0 aliphatic carbocycles. The van der Waals surface area contributed by atoms with Crippen molar-refractivity contribution in [2.45, 2.75) is 39.7 Å². The van der Waals surface area contributed by atoms with Gasteiger partial charge in [0.1, 0.15) is 6.04 Å². The predicted octanol–water partition coefficient (Wildman–Crippen LogP) is 0.413. The van der Waals surface area contributed by atoms with Crippen LogP contribution in [0.25, 0.3) is 0 Å². The highest BCUT2D eigenvalue weighted by Crippen LogP contribution is 2.02. The van der Waals surface area contributed by atoms with Crippen molar-refractivity contribution < 1.29 is 9.59 Å². The Morgan fingerprint density at radius 3 is 2.23 bits per heavy atom. The third-order valence-electron chi connectivity index (χ3n) is 1.75. The van der Waals surface area contributed by atoms with E-state index in [0.29, 0.717) is 12.3 Å². The Morgan fingerprint density at radius 1 is 1.31 bits per heavy atom. The molecule has 0 rings (SSSR count). The van der Waals surface area contributed by atoms with Gasteiger partial charge in [-0.3, -0.25) is 9.59 Å². The number of primary amides is 1. The molecule has 0 heterocycles. The molecule has 4 nitrogen and oxygen atoms in total. The van der Waals surface area contributed by atoms with E-state index in [1.807, 2.05) is 13.8 Å². The molecule has 0 spiro atoms. The van der Waals surface area contributed by atoms with Gasteiger partial charge in [-0.2, -0.15) is 0 Å².